The zero-order valence-corrected chi connectivity index (χ0v) is 45.8. The van der Waals surface area contributed by atoms with Gasteiger partial charge < -0.3 is 31.3 Å². The Morgan fingerprint density at radius 2 is 1.09 bits per heavy atom. The summed E-state index contributed by atoms with van der Waals surface area (Å²) in [7, 11) is 10.6. The van der Waals surface area contributed by atoms with Crippen LogP contribution in [0.15, 0.2) is 142 Å². The third kappa shape index (κ3) is 36.6. The summed E-state index contributed by atoms with van der Waals surface area (Å²) in [5, 5.41) is 43.2. The number of ether oxygens (including phenoxy) is 2. The van der Waals surface area contributed by atoms with Crippen molar-refractivity contribution in [1.82, 2.24) is 35.1 Å². The van der Waals surface area contributed by atoms with E-state index < -0.39 is 17.4 Å². The van der Waals surface area contributed by atoms with E-state index in [4.69, 9.17) is 34.7 Å². The van der Waals surface area contributed by atoms with Crippen molar-refractivity contribution >= 4 is 131 Å². The summed E-state index contributed by atoms with van der Waals surface area (Å²) >= 11 is 7.44. The third-order valence-corrected chi connectivity index (χ3v) is 15.1. The Morgan fingerprint density at radius 1 is 0.686 bits per heavy atom. The fraction of sp³-hybridized carbons (Fsp3) is 0.364. The van der Waals surface area contributed by atoms with Gasteiger partial charge in [-0.05, 0) is 136 Å². The van der Waals surface area contributed by atoms with Crippen molar-refractivity contribution in [2.75, 3.05) is 40.1 Å². The Labute approximate surface area is 469 Å². The second kappa shape index (κ2) is 46.5. The van der Waals surface area contributed by atoms with Gasteiger partial charge in [-0.2, -0.15) is 25.3 Å². The number of aliphatic hydroxyl groups excluding tert-OH is 3. The summed E-state index contributed by atoms with van der Waals surface area (Å²) in [4.78, 5) is 44.3. The first kappa shape index (κ1) is 69.8. The minimum absolute atomic E-state index is 0. The molecule has 1 fully saturated rings. The van der Waals surface area contributed by atoms with Gasteiger partial charge >= 0.3 is 31.0 Å². The maximum absolute atomic E-state index is 11.8. The number of carboxylic acid groups (broad SMARTS) is 1. The predicted octanol–water partition coefficient (Wildman–Crippen LogP) is 5.72. The largest absolute Gasteiger partial charge is 1.00 e. The molecule has 26 heteroatoms. The molecule has 6 heterocycles. The number of nitrogens with zero attached hydrogens (tertiary/aromatic N) is 7. The Kier molecular flexibility index (Phi) is 46.4. The number of carbonyl (C=O) groups excluding carboxylic acids is 1. The number of rotatable bonds is 15. The van der Waals surface area contributed by atoms with E-state index in [1.165, 1.54) is 30.6 Å². The molecular formula is C44H63AlLiN7O9S8. The molecular weight excluding hydrogens is 1060 g/mol. The Morgan fingerprint density at radius 3 is 1.44 bits per heavy atom. The third-order valence-electron chi connectivity index (χ3n) is 6.98. The number of hydrogen-bond acceptors (Lipinski definition) is 22. The van der Waals surface area contributed by atoms with Gasteiger partial charge in [-0.15, -0.1) is 5.10 Å². The van der Waals surface area contributed by atoms with E-state index in [-0.39, 0.29) is 73.2 Å². The topological polar surface area (TPSA) is 225 Å². The van der Waals surface area contributed by atoms with Gasteiger partial charge in [-0.1, -0.05) is 76.7 Å². The molecule has 16 nitrogen and oxygen atoms in total. The molecule has 0 radical (unpaired) electrons. The molecule has 1 saturated heterocycles. The molecule has 0 saturated carbocycles. The number of aromatic nitrogens is 7. The van der Waals surface area contributed by atoms with Crippen LogP contribution < -0.4 is 23.7 Å². The molecule has 1 aliphatic rings. The molecule has 70 heavy (non-hydrogen) atoms. The van der Waals surface area contributed by atoms with E-state index in [9.17, 15) is 9.59 Å². The van der Waals surface area contributed by atoms with Crippen LogP contribution in [0.5, 0.6) is 0 Å². The number of carbonyl (C=O) groups is 2. The standard InChI is InChI=1S/C15H14N4O3S2.C10H8N2S2.C8H11NOS2.C4H8O.C3H6O2S.C3H8OS.CH4O.Al.Li.4H/c1-11(23-24-14-8-4-5-9-16-14)10-21-15(20)22-19-13-7-3-2-6-12(13)17-18-19;1-3-7-11-9(5-1)13-14-10-6-2-4-8-12-10;1-7(6-10)11-12-8-4-2-3-5-9-8;1-2-4-5-3-1;1-2(6)3(4)5;1-3(5)2-4;1-2;;;;;;/h2-9,11H,10H2,1H3;1-8H;2-5,7,10H,6H2,1H3;1-4H2;2,6H,1H3,(H,4,5);3-5H,2H2,1H3;2H,1H3;;;;;;/q;;;;;;;;+1;;;;-1. The first-order valence-electron chi connectivity index (χ1n) is 20.6. The van der Waals surface area contributed by atoms with Crippen LogP contribution >= 0.6 is 90.0 Å². The Hall–Kier alpha value is -2.27. The van der Waals surface area contributed by atoms with E-state index in [2.05, 4.69) is 55.5 Å². The van der Waals surface area contributed by atoms with Crippen molar-refractivity contribution in [3.05, 3.63) is 122 Å². The number of thiol groups is 2. The smallest absolute Gasteiger partial charge is 1.00 e. The van der Waals surface area contributed by atoms with Gasteiger partial charge in [0.05, 0.1) is 18.5 Å². The van der Waals surface area contributed by atoms with E-state index >= 15 is 0 Å². The number of benzene rings is 1. The minimum Gasteiger partial charge on any atom is -1.00 e. The molecule has 1 aromatic carbocycles. The number of hydrogen-bond donors (Lipinski definition) is 6. The first-order chi connectivity index (χ1) is 32.9. The number of aliphatic carboxylic acids is 1. The van der Waals surface area contributed by atoms with Gasteiger partial charge in [-0.3, -0.25) is 9.63 Å². The van der Waals surface area contributed by atoms with E-state index in [1.807, 2.05) is 106 Å². The summed E-state index contributed by atoms with van der Waals surface area (Å²) in [5.41, 5.74) is 1.24. The molecule has 6 aromatic rings. The summed E-state index contributed by atoms with van der Waals surface area (Å²) < 4.78 is 10.1. The van der Waals surface area contributed by atoms with Crippen molar-refractivity contribution in [2.24, 2.45) is 0 Å². The monoisotopic (exact) mass is 1120 g/mol. The summed E-state index contributed by atoms with van der Waals surface area (Å²) in [6, 6.07) is 30.5. The number of fused-ring (bicyclic) bond motifs is 1. The molecule has 7 rings (SSSR count). The van der Waals surface area contributed by atoms with Crippen LogP contribution in [0.25, 0.3) is 11.0 Å². The second-order valence-electron chi connectivity index (χ2n) is 13.0. The van der Waals surface area contributed by atoms with Crippen LogP contribution in [-0.2, 0) is 14.3 Å². The first-order valence-corrected chi connectivity index (χ1v) is 28.2. The molecule has 4 N–H and O–H groups in total. The number of para-hydroxylation sites is 1. The van der Waals surface area contributed by atoms with E-state index in [1.54, 1.807) is 90.9 Å². The van der Waals surface area contributed by atoms with Gasteiger partial charge in [0.2, 0.25) is 0 Å². The summed E-state index contributed by atoms with van der Waals surface area (Å²) in [6.07, 6.45) is 8.83. The van der Waals surface area contributed by atoms with Crippen molar-refractivity contribution in [1.29, 1.82) is 0 Å². The van der Waals surface area contributed by atoms with Gasteiger partial charge in [-0.25, -0.2) is 24.7 Å². The van der Waals surface area contributed by atoms with Gasteiger partial charge in [0.1, 0.15) is 37.7 Å². The maximum atomic E-state index is 11.8. The predicted molar refractivity (Wildman–Crippen MR) is 298 cm³/mol. The van der Waals surface area contributed by atoms with Gasteiger partial charge in [0.25, 0.3) is 0 Å². The van der Waals surface area contributed by atoms with Crippen molar-refractivity contribution in [2.45, 2.75) is 81.6 Å². The normalized spacial score (nSPS) is 12.4. The molecule has 380 valence electrons. The van der Waals surface area contributed by atoms with E-state index in [0.29, 0.717) is 11.0 Å². The molecule has 0 spiro atoms. The quantitative estimate of drug-likeness (QED) is 0.0238. The molecule has 1 aliphatic heterocycles. The van der Waals surface area contributed by atoms with Gasteiger partial charge in [0, 0.05) is 60.9 Å². The molecule has 4 atom stereocenters. The van der Waals surface area contributed by atoms with Crippen LogP contribution in [-0.4, -0.2) is 146 Å². The number of aliphatic hydroxyl groups is 3. The van der Waals surface area contributed by atoms with Crippen LogP contribution in [0, 0.1) is 0 Å². The van der Waals surface area contributed by atoms with Crippen LogP contribution in [0.2, 0.25) is 0 Å². The summed E-state index contributed by atoms with van der Waals surface area (Å²) in [5.74, 6) is -0.877. The fourth-order valence-electron chi connectivity index (χ4n) is 3.70. The molecule has 0 aliphatic carbocycles. The second-order valence-corrected chi connectivity index (χ2v) is 22.1. The Balaban J connectivity index is -0.000000848. The fourth-order valence-corrected chi connectivity index (χ4v) is 9.15. The maximum Gasteiger partial charge on any atom is 1.00 e. The van der Waals surface area contributed by atoms with E-state index in [0.717, 1.165) is 45.3 Å². The average Bonchev–Trinajstić information content (AvgIpc) is 4.11. The van der Waals surface area contributed by atoms with Crippen LogP contribution in [0.3, 0.4) is 0 Å². The molecule has 4 unspecified atom stereocenters. The molecule has 0 bridgehead atoms. The molecule has 5 aromatic heterocycles. The van der Waals surface area contributed by atoms with Crippen molar-refractivity contribution < 1.29 is 64.6 Å². The van der Waals surface area contributed by atoms with Gasteiger partial charge in [0.15, 0.2) is 17.4 Å². The number of carboxylic acids is 1. The average molecular weight is 1120 g/mol. The molecule has 0 amide bonds. The minimum atomic E-state index is -0.877. The Bertz CT molecular complexity index is 2100. The number of pyridine rings is 4. The summed E-state index contributed by atoms with van der Waals surface area (Å²) in [6.45, 7) is 9.89. The van der Waals surface area contributed by atoms with Crippen molar-refractivity contribution in [3.8, 4) is 0 Å². The SMILES string of the molecule is C1CCOC1.CC(CO)SSc1ccccn1.CC(COC(=O)On1nnc2ccccc21)SSc1ccccn1.CC(S)C(=O)O.CC(S)CO.CO.[AlH3].[H-].[Li+].c1ccc(SSc2ccccn2)nc1. The van der Waals surface area contributed by atoms with Crippen LogP contribution in [0.1, 0.15) is 42.0 Å². The van der Waals surface area contributed by atoms with Crippen LogP contribution in [0.4, 0.5) is 4.79 Å². The van der Waals surface area contributed by atoms with Crippen molar-refractivity contribution in [3.63, 3.8) is 0 Å². The zero-order chi connectivity index (χ0) is 50.2. The zero-order valence-electron chi connectivity index (χ0n) is 40.1.